The summed E-state index contributed by atoms with van der Waals surface area (Å²) in [4.78, 5) is 16.2. The van der Waals surface area contributed by atoms with Crippen molar-refractivity contribution < 1.29 is 23.2 Å². The quantitative estimate of drug-likeness (QED) is 0.171. The van der Waals surface area contributed by atoms with Crippen molar-refractivity contribution in [2.24, 2.45) is 0 Å². The summed E-state index contributed by atoms with van der Waals surface area (Å²) in [6.07, 6.45) is 0. The highest BCUT2D eigenvalue weighted by Gasteiger charge is 2.24. The van der Waals surface area contributed by atoms with Crippen LogP contribution in [-0.2, 0) is 11.3 Å². The van der Waals surface area contributed by atoms with Crippen LogP contribution in [0.1, 0.15) is 48.5 Å². The van der Waals surface area contributed by atoms with E-state index >= 15 is 4.39 Å². The standard InChI is InChI=1S/C31H25Cl2FN2O4/c1-4-38-31(37)26-13-10-19-14-21(25(34)15-27(19)35-26)18-8-11-20(12-9-18)39-16-22-29(36-40-30(22)17(2)3)28-23(32)6-5-7-24(28)33/h5-15,17H,4,16H2,1-3H3. The van der Waals surface area contributed by atoms with Gasteiger partial charge >= 0.3 is 5.97 Å². The van der Waals surface area contributed by atoms with Gasteiger partial charge in [0.1, 0.15) is 35.3 Å². The van der Waals surface area contributed by atoms with Crippen molar-refractivity contribution in [3.05, 3.63) is 99.6 Å². The van der Waals surface area contributed by atoms with Gasteiger partial charge in [-0.2, -0.15) is 0 Å². The van der Waals surface area contributed by atoms with Crippen LogP contribution in [0.25, 0.3) is 33.3 Å². The summed E-state index contributed by atoms with van der Waals surface area (Å²) in [6.45, 7) is 6.13. The number of hydrogen-bond donors (Lipinski definition) is 0. The van der Waals surface area contributed by atoms with Crippen LogP contribution >= 0.6 is 23.2 Å². The van der Waals surface area contributed by atoms with Gasteiger partial charge in [-0.3, -0.25) is 0 Å². The molecule has 204 valence electrons. The van der Waals surface area contributed by atoms with E-state index in [2.05, 4.69) is 10.1 Å². The Kier molecular flexibility index (Phi) is 8.05. The van der Waals surface area contributed by atoms with E-state index in [1.54, 1.807) is 67.6 Å². The highest BCUT2D eigenvalue weighted by atomic mass is 35.5. The summed E-state index contributed by atoms with van der Waals surface area (Å²) >= 11 is 12.9. The van der Waals surface area contributed by atoms with Crippen LogP contribution in [0.4, 0.5) is 4.39 Å². The first kappa shape index (κ1) is 27.6. The zero-order valence-electron chi connectivity index (χ0n) is 22.0. The normalized spacial score (nSPS) is 11.3. The SMILES string of the molecule is CCOC(=O)c1ccc2cc(-c3ccc(OCc4c(-c5c(Cl)cccc5Cl)noc4C(C)C)cc3)c(F)cc2n1. The Morgan fingerprint density at radius 3 is 2.42 bits per heavy atom. The van der Waals surface area contributed by atoms with Crippen molar-refractivity contribution >= 4 is 40.1 Å². The van der Waals surface area contributed by atoms with Gasteiger partial charge in [0.15, 0.2) is 0 Å². The van der Waals surface area contributed by atoms with Gasteiger partial charge in [-0.15, -0.1) is 0 Å². The molecule has 0 aliphatic carbocycles. The molecule has 0 fully saturated rings. The number of rotatable bonds is 8. The number of benzene rings is 3. The Morgan fingerprint density at radius 1 is 1.02 bits per heavy atom. The third-order valence-electron chi connectivity index (χ3n) is 6.35. The van der Waals surface area contributed by atoms with E-state index in [0.717, 1.165) is 5.56 Å². The minimum absolute atomic E-state index is 0.0576. The van der Waals surface area contributed by atoms with Gasteiger partial charge in [0.2, 0.25) is 0 Å². The van der Waals surface area contributed by atoms with E-state index in [1.807, 2.05) is 13.8 Å². The lowest BCUT2D eigenvalue weighted by Crippen LogP contribution is -2.06. The third kappa shape index (κ3) is 5.53. The minimum atomic E-state index is -0.543. The molecule has 5 rings (SSSR count). The molecule has 5 aromatic rings. The van der Waals surface area contributed by atoms with Crippen molar-refractivity contribution in [2.45, 2.75) is 33.3 Å². The molecule has 0 saturated carbocycles. The van der Waals surface area contributed by atoms with E-state index in [9.17, 15) is 4.79 Å². The van der Waals surface area contributed by atoms with Crippen molar-refractivity contribution in [3.8, 4) is 28.1 Å². The Morgan fingerprint density at radius 2 is 1.75 bits per heavy atom. The number of esters is 1. The monoisotopic (exact) mass is 578 g/mol. The maximum absolute atomic E-state index is 15.1. The molecule has 0 amide bonds. The second-order valence-corrected chi connectivity index (χ2v) is 10.2. The summed E-state index contributed by atoms with van der Waals surface area (Å²) in [7, 11) is 0. The average Bonchev–Trinajstić information content (AvgIpc) is 3.35. The number of aromatic nitrogens is 2. The van der Waals surface area contributed by atoms with Crippen molar-refractivity contribution in [2.75, 3.05) is 6.61 Å². The molecule has 0 atom stereocenters. The first-order valence-electron chi connectivity index (χ1n) is 12.7. The number of carbonyl (C=O) groups is 1. The minimum Gasteiger partial charge on any atom is -0.489 e. The molecule has 0 radical (unpaired) electrons. The molecule has 40 heavy (non-hydrogen) atoms. The second-order valence-electron chi connectivity index (χ2n) is 9.38. The number of pyridine rings is 1. The van der Waals surface area contributed by atoms with Gasteiger partial charge in [0, 0.05) is 28.5 Å². The Balaban J connectivity index is 1.39. The molecule has 9 heteroatoms. The molecular weight excluding hydrogens is 554 g/mol. The Hall–Kier alpha value is -3.94. The van der Waals surface area contributed by atoms with E-state index in [1.165, 1.54) is 6.07 Å². The van der Waals surface area contributed by atoms with Gasteiger partial charge in [-0.1, -0.05) is 66.5 Å². The van der Waals surface area contributed by atoms with Gasteiger partial charge in [0.25, 0.3) is 0 Å². The van der Waals surface area contributed by atoms with Gasteiger partial charge in [-0.05, 0) is 48.9 Å². The summed E-state index contributed by atoms with van der Waals surface area (Å²) in [5.74, 6) is 0.320. The zero-order chi connectivity index (χ0) is 28.4. The molecule has 0 N–H and O–H groups in total. The summed E-state index contributed by atoms with van der Waals surface area (Å²) in [6, 6.07) is 18.7. The lowest BCUT2D eigenvalue weighted by atomic mass is 10.0. The molecule has 0 aliphatic heterocycles. The van der Waals surface area contributed by atoms with Crippen LogP contribution < -0.4 is 4.74 Å². The zero-order valence-corrected chi connectivity index (χ0v) is 23.5. The van der Waals surface area contributed by atoms with E-state index in [4.69, 9.17) is 37.2 Å². The Bertz CT molecular complexity index is 1680. The topological polar surface area (TPSA) is 74.5 Å². The second kappa shape index (κ2) is 11.7. The van der Waals surface area contributed by atoms with Gasteiger partial charge in [-0.25, -0.2) is 14.2 Å². The Labute approximate surface area is 240 Å². The fourth-order valence-electron chi connectivity index (χ4n) is 4.41. The lowest BCUT2D eigenvalue weighted by molar-refractivity contribution is 0.0520. The van der Waals surface area contributed by atoms with Crippen molar-refractivity contribution in [1.82, 2.24) is 10.1 Å². The largest absolute Gasteiger partial charge is 0.489 e. The number of fused-ring (bicyclic) bond motifs is 1. The highest BCUT2D eigenvalue weighted by molar-refractivity contribution is 6.39. The average molecular weight is 579 g/mol. The molecular formula is C31H25Cl2FN2O4. The molecule has 0 unspecified atom stereocenters. The first-order chi connectivity index (χ1) is 19.3. The number of hydrogen-bond acceptors (Lipinski definition) is 6. The van der Waals surface area contributed by atoms with E-state index in [0.29, 0.717) is 54.8 Å². The molecule has 0 bridgehead atoms. The summed E-state index contributed by atoms with van der Waals surface area (Å²) in [5.41, 5.74) is 3.45. The van der Waals surface area contributed by atoms with Gasteiger partial charge < -0.3 is 14.0 Å². The molecule has 2 heterocycles. The predicted octanol–water partition coefficient (Wildman–Crippen LogP) is 8.88. The fraction of sp³-hybridized carbons (Fsp3) is 0.194. The maximum Gasteiger partial charge on any atom is 0.356 e. The lowest BCUT2D eigenvalue weighted by Gasteiger charge is -2.12. The van der Waals surface area contributed by atoms with Gasteiger partial charge in [0.05, 0.1) is 27.7 Å². The molecule has 0 aliphatic rings. The first-order valence-corrected chi connectivity index (χ1v) is 13.5. The predicted molar refractivity (Wildman–Crippen MR) is 153 cm³/mol. The van der Waals surface area contributed by atoms with Crippen molar-refractivity contribution in [3.63, 3.8) is 0 Å². The summed E-state index contributed by atoms with van der Waals surface area (Å²) in [5, 5.41) is 5.88. The number of carbonyl (C=O) groups excluding carboxylic acids is 1. The number of nitrogens with zero attached hydrogens (tertiary/aromatic N) is 2. The van der Waals surface area contributed by atoms with Crippen LogP contribution in [0, 0.1) is 5.82 Å². The van der Waals surface area contributed by atoms with E-state index < -0.39 is 11.8 Å². The smallest absolute Gasteiger partial charge is 0.356 e. The van der Waals surface area contributed by atoms with Crippen LogP contribution in [-0.4, -0.2) is 22.7 Å². The number of ether oxygens (including phenoxy) is 2. The third-order valence-corrected chi connectivity index (χ3v) is 6.98. The maximum atomic E-state index is 15.1. The van der Waals surface area contributed by atoms with Crippen LogP contribution in [0.3, 0.4) is 0 Å². The van der Waals surface area contributed by atoms with Crippen molar-refractivity contribution in [1.29, 1.82) is 0 Å². The molecule has 6 nitrogen and oxygen atoms in total. The fourth-order valence-corrected chi connectivity index (χ4v) is 4.98. The van der Waals surface area contributed by atoms with Crippen LogP contribution in [0.15, 0.2) is 71.3 Å². The van der Waals surface area contributed by atoms with Crippen LogP contribution in [0.2, 0.25) is 10.0 Å². The molecule has 2 aromatic heterocycles. The molecule has 0 spiro atoms. The highest BCUT2D eigenvalue weighted by Crippen LogP contribution is 2.39. The molecule has 0 saturated heterocycles. The number of halogens is 3. The van der Waals surface area contributed by atoms with E-state index in [-0.39, 0.29) is 24.8 Å². The molecule has 3 aromatic carbocycles. The van der Waals surface area contributed by atoms with Crippen LogP contribution in [0.5, 0.6) is 5.75 Å². The summed E-state index contributed by atoms with van der Waals surface area (Å²) < 4.78 is 31.8.